The van der Waals surface area contributed by atoms with Crippen molar-refractivity contribution < 1.29 is 30.0 Å². The molecule has 8 bridgehead atoms. The van der Waals surface area contributed by atoms with E-state index in [0.29, 0.717) is 89.7 Å². The van der Waals surface area contributed by atoms with Crippen LogP contribution in [0.4, 0.5) is 11.4 Å². The van der Waals surface area contributed by atoms with Gasteiger partial charge in [0.25, 0.3) is 11.8 Å². The molecule has 0 spiro atoms. The van der Waals surface area contributed by atoms with Crippen LogP contribution in [0.25, 0.3) is 33.4 Å². The maximum atomic E-state index is 16.0. The van der Waals surface area contributed by atoms with E-state index in [-0.39, 0.29) is 78.0 Å². The molecule has 12 aromatic rings. The maximum absolute atomic E-state index is 16.0. The van der Waals surface area contributed by atoms with Gasteiger partial charge in [-0.05, 0) is 336 Å². The van der Waals surface area contributed by atoms with Crippen LogP contribution in [0.15, 0.2) is 243 Å². The van der Waals surface area contributed by atoms with E-state index in [4.69, 9.17) is 0 Å². The van der Waals surface area contributed by atoms with Crippen LogP contribution in [-0.4, -0.2) is 32.2 Å². The van der Waals surface area contributed by atoms with Gasteiger partial charge in [0, 0.05) is 55.6 Å². The fraction of sp³-hybridized carbons (Fsp3) is 0.261. The molecule has 9 aliphatic carbocycles. The van der Waals surface area contributed by atoms with Gasteiger partial charge in [-0.3, -0.25) is 9.59 Å². The summed E-state index contributed by atoms with van der Waals surface area (Å²) < 4.78 is 0. The summed E-state index contributed by atoms with van der Waals surface area (Å²) in [6, 6.07) is 79.7. The predicted octanol–water partition coefficient (Wildman–Crippen LogP) is 24.0. The molecule has 8 heteroatoms. The second kappa shape index (κ2) is 28.7. The van der Waals surface area contributed by atoms with Gasteiger partial charge in [-0.25, -0.2) is 0 Å². The molecule has 0 aromatic heterocycles. The molecule has 4 unspecified atom stereocenters. The Morgan fingerprint density at radius 1 is 0.311 bits per heavy atom. The number of hydrogen-bond donors (Lipinski definition) is 6. The molecule has 119 heavy (non-hydrogen) atoms. The third-order valence-electron chi connectivity index (χ3n) is 27.8. The molecule has 0 radical (unpaired) electrons. The minimum Gasteiger partial charge on any atom is -0.508 e. The topological polar surface area (TPSA) is 139 Å². The zero-order chi connectivity index (χ0) is 82.1. The number of rotatable bonds is 10. The van der Waals surface area contributed by atoms with Gasteiger partial charge in [-0.15, -0.1) is 0 Å². The minimum absolute atomic E-state index is 0.00686. The molecule has 8 fully saturated rings. The Morgan fingerprint density at radius 2 is 0.630 bits per heavy atom. The van der Waals surface area contributed by atoms with Gasteiger partial charge in [0.15, 0.2) is 0 Å². The Morgan fingerprint density at radius 3 is 0.975 bits per heavy atom. The highest BCUT2D eigenvalue weighted by molar-refractivity contribution is 6.10. The third kappa shape index (κ3) is 13.5. The van der Waals surface area contributed by atoms with Crippen LogP contribution in [0, 0.1) is 109 Å². The highest BCUT2D eigenvalue weighted by Crippen LogP contribution is 2.73. The van der Waals surface area contributed by atoms with Crippen molar-refractivity contribution in [2.75, 3.05) is 10.6 Å². The van der Waals surface area contributed by atoms with Gasteiger partial charge in [-0.2, -0.15) is 0 Å². The molecule has 8 nitrogen and oxygen atoms in total. The Bertz CT molecular complexity index is 6090. The number of anilines is 2. The maximum Gasteiger partial charge on any atom is 0.255 e. The lowest BCUT2D eigenvalue weighted by atomic mass is 9.39. The molecule has 2 amide bonds. The second-order valence-electron chi connectivity index (χ2n) is 37.7. The summed E-state index contributed by atoms with van der Waals surface area (Å²) in [7, 11) is 0. The summed E-state index contributed by atoms with van der Waals surface area (Å²) in [5.74, 6) is 26.6. The Balaban J connectivity index is 0.933. The van der Waals surface area contributed by atoms with E-state index in [2.05, 4.69) is 134 Å². The van der Waals surface area contributed by atoms with E-state index in [1.807, 2.05) is 198 Å². The molecule has 0 heterocycles. The molecule has 586 valence electrons. The normalized spacial score (nSPS) is 23.3. The van der Waals surface area contributed by atoms with E-state index in [1.54, 1.807) is 24.3 Å². The number of amides is 2. The first-order chi connectivity index (χ1) is 57.2. The predicted molar refractivity (Wildman–Crippen MR) is 477 cm³/mol. The average Bonchev–Trinajstić information content (AvgIpc) is 1.55. The SMILES string of the molecule is Cc1cc(C2(c3cc(C)c(O)cc3-c3cc(C)c(O)c(C#Cc4ccccc4)c3NC(=O)c3cccc(C#Cc4ccccc4)c3)c3cc(C45CC6CC(C)(CC(C)(C6)C4)C5)ccc3-c3ccc(C45CC6CC(C)(CC(C)(C6)C4)C5)cc32)c(-c2cc(C)c(O)c(C#Cc3ccccc3)c2NC(=O)c2cccc(C#Cc3ccccc3)c2)cc1O. The smallest absolute Gasteiger partial charge is 0.255 e. The lowest BCUT2D eigenvalue weighted by Gasteiger charge is -2.65. The van der Waals surface area contributed by atoms with Crippen LogP contribution in [0.5, 0.6) is 23.0 Å². The first-order valence-corrected chi connectivity index (χ1v) is 42.1. The van der Waals surface area contributed by atoms with Gasteiger partial charge in [0.2, 0.25) is 0 Å². The summed E-state index contributed by atoms with van der Waals surface area (Å²) in [4.78, 5) is 31.9. The number of aryl methyl sites for hydroxylation is 4. The van der Waals surface area contributed by atoms with Crippen molar-refractivity contribution in [3.05, 3.63) is 354 Å². The van der Waals surface area contributed by atoms with E-state index in [1.165, 1.54) is 49.7 Å². The lowest BCUT2D eigenvalue weighted by molar-refractivity contribution is -0.110. The van der Waals surface area contributed by atoms with Gasteiger partial charge >= 0.3 is 0 Å². The first kappa shape index (κ1) is 76.0. The molecule has 0 saturated heterocycles. The standard InChI is InChI=1S/C111H96N2O6/c1-69-49-93(89(55-97(69)114)91-47-71(3)101(116)87(43-39-75-27-17-11-18-28-75)99(91)112-103(118)81-33-21-31-77(51-81)37-35-73-23-13-9-14-24-73)111(95-53-83(109-61-79-57-105(5,65-109)63-106(6,58-79)66-109)41-45-85(95)86-46-42-84(54-96(86)111)110-62-80-59-107(7,67-110)64-108(8,60-80)68-110)94-50-70(2)98(115)56-90(94)92-48-72(4)102(117)88(44-40-76-29-19-12-20-30-76)100(92)113-104(119)82-34-22-32-78(52-82)38-36-74-25-15-10-16-26-74/h9-34,41-42,45-56,79-80,114-117H,57-68H2,1-8H3,(H,112,118)(H,113,119). The van der Waals surface area contributed by atoms with Crippen molar-refractivity contribution in [1.29, 1.82) is 0 Å². The Kier molecular flexibility index (Phi) is 18.3. The van der Waals surface area contributed by atoms with Crippen LogP contribution >= 0.6 is 0 Å². The van der Waals surface area contributed by atoms with Gasteiger partial charge in [0.05, 0.1) is 27.9 Å². The number of fused-ring (bicyclic) bond motifs is 3. The molecule has 21 rings (SSSR count). The van der Waals surface area contributed by atoms with Crippen molar-refractivity contribution >= 4 is 23.2 Å². The largest absolute Gasteiger partial charge is 0.508 e. The number of nitrogens with one attached hydrogen (secondary N) is 2. The highest BCUT2D eigenvalue weighted by atomic mass is 16.3. The monoisotopic (exact) mass is 1550 g/mol. The second-order valence-corrected chi connectivity index (χ2v) is 37.7. The molecule has 9 aliphatic rings. The van der Waals surface area contributed by atoms with Gasteiger partial charge in [-0.1, -0.05) is 209 Å². The lowest BCUT2D eigenvalue weighted by Crippen LogP contribution is -2.56. The molecule has 6 N–H and O–H groups in total. The molecular weight excluding hydrogens is 1460 g/mol. The zero-order valence-electron chi connectivity index (χ0n) is 68.8. The van der Waals surface area contributed by atoms with Crippen LogP contribution in [0.1, 0.15) is 226 Å². The van der Waals surface area contributed by atoms with Gasteiger partial charge < -0.3 is 31.1 Å². The summed E-state index contributed by atoms with van der Waals surface area (Å²) >= 11 is 0. The number of phenolic OH excluding ortho intramolecular Hbond substituents is 4. The number of aromatic hydroxyl groups is 4. The van der Waals surface area contributed by atoms with E-state index in [0.717, 1.165) is 83.0 Å². The molecule has 4 atom stereocenters. The number of carbonyl (C=O) groups excluding carboxylic acids is 2. The van der Waals surface area contributed by atoms with Crippen LogP contribution in [0.3, 0.4) is 0 Å². The first-order valence-electron chi connectivity index (χ1n) is 42.1. The summed E-state index contributed by atoms with van der Waals surface area (Å²) in [5, 5.41) is 59.2. The summed E-state index contributed by atoms with van der Waals surface area (Å²) in [6.45, 7) is 17.8. The average molecular weight is 1550 g/mol. The molecule has 0 aliphatic heterocycles. The minimum atomic E-state index is -1.49. The van der Waals surface area contributed by atoms with Crippen molar-refractivity contribution in [3.8, 4) is 104 Å². The van der Waals surface area contributed by atoms with Crippen molar-refractivity contribution in [1.82, 2.24) is 0 Å². The fourth-order valence-corrected chi connectivity index (χ4v) is 24.7. The summed E-state index contributed by atoms with van der Waals surface area (Å²) in [6.07, 6.45) is 13.5. The van der Waals surface area contributed by atoms with Crippen molar-refractivity contribution in [2.24, 2.45) is 33.5 Å². The Labute approximate surface area is 699 Å². The van der Waals surface area contributed by atoms with Gasteiger partial charge in [0.1, 0.15) is 23.0 Å². The number of phenols is 4. The quantitative estimate of drug-likeness (QED) is 0.0754. The van der Waals surface area contributed by atoms with E-state index in [9.17, 15) is 20.4 Å². The van der Waals surface area contributed by atoms with E-state index >= 15 is 9.59 Å². The molecule has 12 aromatic carbocycles. The van der Waals surface area contributed by atoms with E-state index < -0.39 is 17.2 Å². The van der Waals surface area contributed by atoms with Crippen LogP contribution in [0.2, 0.25) is 0 Å². The van der Waals surface area contributed by atoms with Crippen molar-refractivity contribution in [2.45, 2.75) is 149 Å². The number of hydrogen-bond acceptors (Lipinski definition) is 6. The van der Waals surface area contributed by atoms with Crippen LogP contribution < -0.4 is 10.6 Å². The summed E-state index contributed by atoms with van der Waals surface area (Å²) in [5.41, 5.74) is 16.4. The number of benzene rings is 12. The third-order valence-corrected chi connectivity index (χ3v) is 27.8. The molecular formula is C111H96N2O6. The fourth-order valence-electron chi connectivity index (χ4n) is 24.7. The highest BCUT2D eigenvalue weighted by Gasteiger charge is 2.63. The number of carbonyl (C=O) groups is 2. The molecule has 8 saturated carbocycles. The van der Waals surface area contributed by atoms with Crippen LogP contribution in [-0.2, 0) is 16.2 Å². The zero-order valence-corrected chi connectivity index (χ0v) is 68.8. The van der Waals surface area contributed by atoms with Crippen molar-refractivity contribution in [3.63, 3.8) is 0 Å². The Hall–Kier alpha value is -13.0.